The molecular formula is C23H30FN3O3. The van der Waals surface area contributed by atoms with Gasteiger partial charge in [0.25, 0.3) is 0 Å². The zero-order valence-corrected chi connectivity index (χ0v) is 17.3. The number of ether oxygens (including phenoxy) is 1. The molecule has 3 rings (SSSR count). The van der Waals surface area contributed by atoms with Crippen molar-refractivity contribution in [3.05, 3.63) is 59.9 Å². The molecule has 0 saturated carbocycles. The Hall–Kier alpha value is -2.48. The van der Waals surface area contributed by atoms with Crippen molar-refractivity contribution in [2.45, 2.75) is 38.5 Å². The van der Waals surface area contributed by atoms with Crippen molar-refractivity contribution in [1.82, 2.24) is 4.90 Å². The van der Waals surface area contributed by atoms with E-state index < -0.39 is 6.10 Å². The number of hydrogen-bond acceptors (Lipinski definition) is 5. The minimum Gasteiger partial charge on any atom is -0.389 e. The van der Waals surface area contributed by atoms with Gasteiger partial charge in [0.2, 0.25) is 5.91 Å². The molecule has 3 N–H and O–H groups in total. The number of carbonyl (C=O) groups excluding carboxylic acids is 1. The summed E-state index contributed by atoms with van der Waals surface area (Å²) in [5.74, 6) is -0.356. The number of carbonyl (C=O) groups is 1. The molecule has 1 atom stereocenters. The number of piperidine rings is 1. The highest BCUT2D eigenvalue weighted by Gasteiger charge is 2.21. The third-order valence-electron chi connectivity index (χ3n) is 5.17. The number of aliphatic hydroxyl groups is 1. The van der Waals surface area contributed by atoms with Crippen LogP contribution in [0.4, 0.5) is 15.8 Å². The zero-order valence-electron chi connectivity index (χ0n) is 17.3. The fraction of sp³-hybridized carbons (Fsp3) is 0.435. The van der Waals surface area contributed by atoms with Crippen molar-refractivity contribution in [2.24, 2.45) is 0 Å². The molecule has 1 fully saturated rings. The number of β-amino-alcohol motifs (C(OH)–C–C–N with tert-alkyl or cyclic N) is 1. The van der Waals surface area contributed by atoms with Crippen molar-refractivity contribution < 1.29 is 19.0 Å². The minimum atomic E-state index is -0.570. The topological polar surface area (TPSA) is 73.8 Å². The predicted molar refractivity (Wildman–Crippen MR) is 116 cm³/mol. The summed E-state index contributed by atoms with van der Waals surface area (Å²) < 4.78 is 18.7. The number of halogens is 1. The maximum absolute atomic E-state index is 13.0. The van der Waals surface area contributed by atoms with E-state index in [1.54, 1.807) is 12.1 Å². The summed E-state index contributed by atoms with van der Waals surface area (Å²) >= 11 is 0. The lowest BCUT2D eigenvalue weighted by Gasteiger charge is -2.33. The number of amides is 1. The molecule has 2 aromatic rings. The van der Waals surface area contributed by atoms with Crippen LogP contribution in [0.15, 0.2) is 48.5 Å². The van der Waals surface area contributed by atoms with Crippen molar-refractivity contribution in [2.75, 3.05) is 36.9 Å². The molecule has 1 amide bonds. The minimum absolute atomic E-state index is 0.125. The van der Waals surface area contributed by atoms with Crippen LogP contribution in [0.2, 0.25) is 0 Å². The van der Waals surface area contributed by atoms with Gasteiger partial charge in [-0.05, 0) is 43.2 Å². The van der Waals surface area contributed by atoms with E-state index in [1.165, 1.54) is 19.1 Å². The number of benzene rings is 2. The molecule has 1 aliphatic rings. The van der Waals surface area contributed by atoms with Gasteiger partial charge in [-0.15, -0.1) is 0 Å². The van der Waals surface area contributed by atoms with Gasteiger partial charge in [-0.3, -0.25) is 4.79 Å². The smallest absolute Gasteiger partial charge is 0.221 e. The first-order valence-corrected chi connectivity index (χ1v) is 10.4. The summed E-state index contributed by atoms with van der Waals surface area (Å²) in [6.45, 7) is 4.39. The van der Waals surface area contributed by atoms with Gasteiger partial charge in [0.15, 0.2) is 0 Å². The Morgan fingerprint density at radius 3 is 2.60 bits per heavy atom. The Kier molecular flexibility index (Phi) is 8.19. The van der Waals surface area contributed by atoms with Crippen LogP contribution in [0, 0.1) is 5.82 Å². The summed E-state index contributed by atoms with van der Waals surface area (Å²) in [5.41, 5.74) is 2.55. The van der Waals surface area contributed by atoms with Crippen LogP contribution in [0.1, 0.15) is 25.3 Å². The van der Waals surface area contributed by atoms with E-state index in [-0.39, 0.29) is 18.3 Å². The first-order chi connectivity index (χ1) is 14.5. The van der Waals surface area contributed by atoms with E-state index in [9.17, 15) is 14.3 Å². The van der Waals surface area contributed by atoms with Gasteiger partial charge in [0.05, 0.1) is 19.3 Å². The quantitative estimate of drug-likeness (QED) is 0.586. The van der Waals surface area contributed by atoms with Gasteiger partial charge in [-0.2, -0.15) is 0 Å². The highest BCUT2D eigenvalue weighted by atomic mass is 19.1. The Morgan fingerprint density at radius 2 is 1.90 bits per heavy atom. The van der Waals surface area contributed by atoms with Gasteiger partial charge < -0.3 is 25.4 Å². The molecule has 1 unspecified atom stereocenters. The SMILES string of the molecule is CC(=O)Nc1ccccc1COCC(O)CN1CCC(Nc2ccc(F)cc2)CC1. The van der Waals surface area contributed by atoms with Gasteiger partial charge in [0, 0.05) is 49.5 Å². The number of aliphatic hydroxyl groups excluding tert-OH is 1. The van der Waals surface area contributed by atoms with E-state index in [0.29, 0.717) is 19.2 Å². The van der Waals surface area contributed by atoms with Crippen LogP contribution >= 0.6 is 0 Å². The lowest BCUT2D eigenvalue weighted by molar-refractivity contribution is -0.114. The van der Waals surface area contributed by atoms with Crippen LogP contribution in [0.3, 0.4) is 0 Å². The first-order valence-electron chi connectivity index (χ1n) is 10.4. The summed E-state index contributed by atoms with van der Waals surface area (Å²) in [4.78, 5) is 13.5. The molecule has 0 bridgehead atoms. The summed E-state index contributed by atoms with van der Waals surface area (Å²) in [6.07, 6.45) is 1.36. The molecule has 1 aliphatic heterocycles. The average Bonchev–Trinajstić information content (AvgIpc) is 2.72. The molecular weight excluding hydrogens is 385 g/mol. The van der Waals surface area contributed by atoms with Crippen molar-refractivity contribution in [3.8, 4) is 0 Å². The molecule has 6 nitrogen and oxygen atoms in total. The fourth-order valence-corrected chi connectivity index (χ4v) is 3.66. The van der Waals surface area contributed by atoms with Crippen LogP contribution in [-0.4, -0.2) is 54.3 Å². The lowest BCUT2D eigenvalue weighted by atomic mass is 10.0. The zero-order chi connectivity index (χ0) is 21.3. The largest absolute Gasteiger partial charge is 0.389 e. The number of rotatable bonds is 9. The summed E-state index contributed by atoms with van der Waals surface area (Å²) in [7, 11) is 0. The Labute approximate surface area is 177 Å². The van der Waals surface area contributed by atoms with Crippen LogP contribution in [0.25, 0.3) is 0 Å². The monoisotopic (exact) mass is 415 g/mol. The third kappa shape index (κ3) is 7.09. The lowest BCUT2D eigenvalue weighted by Crippen LogP contribution is -2.43. The normalized spacial score (nSPS) is 16.2. The molecule has 1 saturated heterocycles. The Balaban J connectivity index is 1.35. The van der Waals surface area contributed by atoms with Crippen molar-refractivity contribution >= 4 is 17.3 Å². The first kappa shape index (κ1) is 22.2. The molecule has 0 radical (unpaired) electrons. The van der Waals surface area contributed by atoms with E-state index >= 15 is 0 Å². The summed E-state index contributed by atoms with van der Waals surface area (Å²) in [6, 6.07) is 14.3. The molecule has 30 heavy (non-hydrogen) atoms. The van der Waals surface area contributed by atoms with Crippen LogP contribution < -0.4 is 10.6 Å². The number of nitrogens with zero attached hydrogens (tertiary/aromatic N) is 1. The second kappa shape index (κ2) is 11.1. The standard InChI is InChI=1S/C23H30FN3O3/c1-17(28)25-23-5-3-2-4-18(23)15-30-16-22(29)14-27-12-10-21(11-13-27)26-20-8-6-19(24)7-9-20/h2-9,21-22,26,29H,10-16H2,1H3,(H,25,28). The van der Waals surface area contributed by atoms with Crippen molar-refractivity contribution in [1.29, 1.82) is 0 Å². The average molecular weight is 416 g/mol. The molecule has 0 aliphatic carbocycles. The molecule has 0 aromatic heterocycles. The predicted octanol–water partition coefficient (Wildman–Crippen LogP) is 3.24. The fourth-order valence-electron chi connectivity index (χ4n) is 3.66. The molecule has 7 heteroatoms. The molecule has 2 aromatic carbocycles. The second-order valence-corrected chi connectivity index (χ2v) is 7.73. The van der Waals surface area contributed by atoms with Crippen LogP contribution in [0.5, 0.6) is 0 Å². The van der Waals surface area contributed by atoms with Crippen molar-refractivity contribution in [3.63, 3.8) is 0 Å². The molecule has 162 valence electrons. The van der Waals surface area contributed by atoms with E-state index in [2.05, 4.69) is 15.5 Å². The van der Waals surface area contributed by atoms with Gasteiger partial charge >= 0.3 is 0 Å². The number of anilines is 2. The Morgan fingerprint density at radius 1 is 1.20 bits per heavy atom. The van der Waals surface area contributed by atoms with Gasteiger partial charge in [-0.1, -0.05) is 18.2 Å². The van der Waals surface area contributed by atoms with Crippen LogP contribution in [-0.2, 0) is 16.1 Å². The summed E-state index contributed by atoms with van der Waals surface area (Å²) in [5, 5.41) is 16.6. The van der Waals surface area contributed by atoms with E-state index in [0.717, 1.165) is 42.9 Å². The number of likely N-dealkylation sites (tertiary alicyclic amines) is 1. The maximum Gasteiger partial charge on any atom is 0.221 e. The molecule has 1 heterocycles. The third-order valence-corrected chi connectivity index (χ3v) is 5.17. The van der Waals surface area contributed by atoms with E-state index in [1.807, 2.05) is 24.3 Å². The molecule has 0 spiro atoms. The van der Waals surface area contributed by atoms with Gasteiger partial charge in [0.1, 0.15) is 5.82 Å². The number of hydrogen-bond donors (Lipinski definition) is 3. The number of nitrogens with one attached hydrogen (secondary N) is 2. The maximum atomic E-state index is 13.0. The highest BCUT2D eigenvalue weighted by Crippen LogP contribution is 2.18. The van der Waals surface area contributed by atoms with Gasteiger partial charge in [-0.25, -0.2) is 4.39 Å². The Bertz CT molecular complexity index is 808. The van der Waals surface area contributed by atoms with E-state index in [4.69, 9.17) is 4.74 Å². The number of para-hydroxylation sites is 1. The highest BCUT2D eigenvalue weighted by molar-refractivity contribution is 5.89. The second-order valence-electron chi connectivity index (χ2n) is 7.73.